The molecule has 3 nitrogen and oxygen atoms in total. The summed E-state index contributed by atoms with van der Waals surface area (Å²) < 4.78 is 5.16. The molecule has 94 valence electrons. The molecule has 1 rings (SSSR count). The molecule has 0 atom stereocenters. The minimum atomic E-state index is 0.169. The quantitative estimate of drug-likeness (QED) is 0.623. The van der Waals surface area contributed by atoms with Crippen molar-refractivity contribution < 1.29 is 14.9 Å². The zero-order valence-corrected chi connectivity index (χ0v) is 10.4. The number of benzene rings is 1. The molecule has 0 aromatic heterocycles. The largest absolute Gasteiger partial charge is 0.508 e. The normalized spacial score (nSPS) is 9.06. The predicted molar refractivity (Wildman–Crippen MR) is 70.2 cm³/mol. The smallest absolute Gasteiger partial charge is 0.115 e. The number of phenolic OH excluding ortho intramolecular Hbond substituents is 2. The lowest BCUT2D eigenvalue weighted by atomic mass is 10.3. The van der Waals surface area contributed by atoms with Crippen LogP contribution in [-0.2, 0) is 4.74 Å². The molecule has 3 heteroatoms. The Morgan fingerprint density at radius 3 is 1.47 bits per heavy atom. The Kier molecular flexibility index (Phi) is 7.55. The van der Waals surface area contributed by atoms with Gasteiger partial charge in [-0.25, -0.2) is 0 Å². The second-order valence-electron chi connectivity index (χ2n) is 3.92. The molecular weight excluding hydrogens is 216 g/mol. The summed E-state index contributed by atoms with van der Waals surface area (Å²) in [5, 5.41) is 17.3. The molecule has 0 fully saturated rings. The van der Waals surface area contributed by atoms with Crippen molar-refractivity contribution in [3.63, 3.8) is 0 Å². The summed E-state index contributed by atoms with van der Waals surface area (Å²) in [7, 11) is 0. The van der Waals surface area contributed by atoms with Crippen molar-refractivity contribution in [1.82, 2.24) is 0 Å². The van der Waals surface area contributed by atoms with E-state index in [1.807, 2.05) is 13.8 Å². The average Bonchev–Trinajstić information content (AvgIpc) is 2.22. The molecule has 0 aliphatic rings. The van der Waals surface area contributed by atoms with E-state index in [9.17, 15) is 0 Å². The summed E-state index contributed by atoms with van der Waals surface area (Å²) in [4.78, 5) is 0. The Bertz CT molecular complexity index is 317. The van der Waals surface area contributed by atoms with Crippen molar-refractivity contribution >= 4 is 0 Å². The van der Waals surface area contributed by atoms with E-state index < -0.39 is 0 Å². The molecule has 0 aliphatic carbocycles. The molecule has 0 saturated carbocycles. The minimum Gasteiger partial charge on any atom is -0.508 e. The van der Waals surface area contributed by atoms with Crippen LogP contribution in [0.1, 0.15) is 13.8 Å². The lowest BCUT2D eigenvalue weighted by molar-refractivity contribution is 0.180. The first-order chi connectivity index (χ1) is 7.91. The van der Waals surface area contributed by atoms with E-state index >= 15 is 0 Å². The van der Waals surface area contributed by atoms with Gasteiger partial charge in [-0.1, -0.05) is 24.3 Å². The van der Waals surface area contributed by atoms with Crippen LogP contribution < -0.4 is 0 Å². The fourth-order valence-electron chi connectivity index (χ4n) is 0.852. The summed E-state index contributed by atoms with van der Waals surface area (Å²) in [5.41, 5.74) is 2.10. The molecule has 0 unspecified atom stereocenters. The molecule has 1 aromatic rings. The van der Waals surface area contributed by atoms with Crippen LogP contribution in [0.15, 0.2) is 48.6 Å². The topological polar surface area (TPSA) is 49.7 Å². The van der Waals surface area contributed by atoms with E-state index in [0.717, 1.165) is 11.1 Å². The number of aromatic hydroxyl groups is 2. The summed E-state index contributed by atoms with van der Waals surface area (Å²) in [6.45, 7) is 12.6. The highest BCUT2D eigenvalue weighted by atomic mass is 16.5. The van der Waals surface area contributed by atoms with Crippen molar-refractivity contribution in [2.45, 2.75) is 13.8 Å². The standard InChI is InChI=1S/C8H14O.C6H6O2/c1-7(2)5-9-6-8(3)4;7-5-1-2-6(8)4-3-5/h1,3,5-6H2,2,4H3;1-4,7-8H. The predicted octanol–water partition coefficient (Wildman–Crippen LogP) is 3.25. The van der Waals surface area contributed by atoms with Crippen molar-refractivity contribution in [3.05, 3.63) is 48.6 Å². The first-order valence-corrected chi connectivity index (χ1v) is 5.26. The molecule has 1 aromatic carbocycles. The second-order valence-corrected chi connectivity index (χ2v) is 3.92. The van der Waals surface area contributed by atoms with Crippen molar-refractivity contribution in [2.24, 2.45) is 0 Å². The van der Waals surface area contributed by atoms with Crippen LogP contribution in [0.3, 0.4) is 0 Å². The first-order valence-electron chi connectivity index (χ1n) is 5.26. The van der Waals surface area contributed by atoms with E-state index in [2.05, 4.69) is 13.2 Å². The molecule has 0 saturated heterocycles. The summed E-state index contributed by atoms with van der Waals surface area (Å²) >= 11 is 0. The van der Waals surface area contributed by atoms with Gasteiger partial charge in [-0.3, -0.25) is 0 Å². The number of rotatable bonds is 4. The van der Waals surface area contributed by atoms with Gasteiger partial charge in [0.15, 0.2) is 0 Å². The van der Waals surface area contributed by atoms with Gasteiger partial charge < -0.3 is 14.9 Å². The highest BCUT2D eigenvalue weighted by molar-refractivity contribution is 5.28. The SMILES string of the molecule is C=C(C)COCC(=C)C.Oc1ccc(O)cc1. The van der Waals surface area contributed by atoms with Gasteiger partial charge in [0.2, 0.25) is 0 Å². The average molecular weight is 236 g/mol. The maximum atomic E-state index is 8.65. The van der Waals surface area contributed by atoms with E-state index in [4.69, 9.17) is 14.9 Å². The molecule has 17 heavy (non-hydrogen) atoms. The Morgan fingerprint density at radius 1 is 0.941 bits per heavy atom. The van der Waals surface area contributed by atoms with E-state index in [-0.39, 0.29) is 11.5 Å². The third-order valence-corrected chi connectivity index (χ3v) is 1.55. The zero-order chi connectivity index (χ0) is 13.3. The van der Waals surface area contributed by atoms with Crippen LogP contribution in [0, 0.1) is 0 Å². The lowest BCUT2D eigenvalue weighted by Crippen LogP contribution is -1.96. The fourth-order valence-corrected chi connectivity index (χ4v) is 0.852. The Hall–Kier alpha value is -1.74. The molecule has 0 heterocycles. The molecule has 0 amide bonds. The van der Waals surface area contributed by atoms with Crippen LogP contribution in [0.2, 0.25) is 0 Å². The van der Waals surface area contributed by atoms with Gasteiger partial charge in [0.05, 0.1) is 13.2 Å². The molecule has 0 radical (unpaired) electrons. The monoisotopic (exact) mass is 236 g/mol. The van der Waals surface area contributed by atoms with Gasteiger partial charge >= 0.3 is 0 Å². The van der Waals surface area contributed by atoms with Gasteiger partial charge in [0.1, 0.15) is 11.5 Å². The molecule has 0 aliphatic heterocycles. The van der Waals surface area contributed by atoms with Crippen molar-refractivity contribution in [2.75, 3.05) is 13.2 Å². The molecule has 0 bridgehead atoms. The van der Waals surface area contributed by atoms with Crippen molar-refractivity contribution in [1.29, 1.82) is 0 Å². The maximum Gasteiger partial charge on any atom is 0.115 e. The van der Waals surface area contributed by atoms with Crippen LogP contribution in [0.4, 0.5) is 0 Å². The number of phenols is 2. The number of hydrogen-bond donors (Lipinski definition) is 2. The third-order valence-electron chi connectivity index (χ3n) is 1.55. The summed E-state index contributed by atoms with van der Waals surface area (Å²) in [6.07, 6.45) is 0. The highest BCUT2D eigenvalue weighted by Crippen LogP contribution is 2.13. The fraction of sp³-hybridized carbons (Fsp3) is 0.286. The highest BCUT2D eigenvalue weighted by Gasteiger charge is 1.86. The Labute approximate surface area is 103 Å². The van der Waals surface area contributed by atoms with Gasteiger partial charge in [0, 0.05) is 0 Å². The lowest BCUT2D eigenvalue weighted by Gasteiger charge is -2.00. The van der Waals surface area contributed by atoms with E-state index in [1.165, 1.54) is 24.3 Å². The number of hydrogen-bond acceptors (Lipinski definition) is 3. The summed E-state index contributed by atoms with van der Waals surface area (Å²) in [6, 6.07) is 5.70. The zero-order valence-electron chi connectivity index (χ0n) is 10.4. The molecular formula is C14H20O3. The van der Waals surface area contributed by atoms with Crippen LogP contribution in [0.25, 0.3) is 0 Å². The van der Waals surface area contributed by atoms with E-state index in [0.29, 0.717) is 13.2 Å². The van der Waals surface area contributed by atoms with E-state index in [1.54, 1.807) is 0 Å². The van der Waals surface area contributed by atoms with Gasteiger partial charge in [-0.2, -0.15) is 0 Å². The maximum absolute atomic E-state index is 8.65. The number of ether oxygens (including phenoxy) is 1. The van der Waals surface area contributed by atoms with Gasteiger partial charge in [0.25, 0.3) is 0 Å². The molecule has 0 spiro atoms. The van der Waals surface area contributed by atoms with Crippen molar-refractivity contribution in [3.8, 4) is 11.5 Å². The van der Waals surface area contributed by atoms with Gasteiger partial charge in [-0.05, 0) is 38.1 Å². The van der Waals surface area contributed by atoms with Crippen LogP contribution >= 0.6 is 0 Å². The van der Waals surface area contributed by atoms with Crippen LogP contribution in [0.5, 0.6) is 11.5 Å². The van der Waals surface area contributed by atoms with Gasteiger partial charge in [-0.15, -0.1) is 0 Å². The minimum absolute atomic E-state index is 0.169. The Balaban J connectivity index is 0.000000302. The second kappa shape index (κ2) is 8.42. The molecule has 2 N–H and O–H groups in total. The third kappa shape index (κ3) is 10.5. The van der Waals surface area contributed by atoms with Crippen LogP contribution in [-0.4, -0.2) is 23.4 Å². The summed E-state index contributed by atoms with van der Waals surface area (Å²) in [5.74, 6) is 0.339. The Morgan fingerprint density at radius 2 is 1.24 bits per heavy atom. The first kappa shape index (κ1) is 15.3.